The fourth-order valence-electron chi connectivity index (χ4n) is 3.14. The van der Waals surface area contributed by atoms with Crippen molar-refractivity contribution in [2.75, 3.05) is 0 Å². The van der Waals surface area contributed by atoms with E-state index in [2.05, 4.69) is 9.97 Å². The van der Waals surface area contributed by atoms with Gasteiger partial charge < -0.3 is 0 Å². The van der Waals surface area contributed by atoms with E-state index in [0.29, 0.717) is 16.5 Å². The van der Waals surface area contributed by atoms with Gasteiger partial charge >= 0.3 is 0 Å². The van der Waals surface area contributed by atoms with Crippen LogP contribution in [0.3, 0.4) is 0 Å². The van der Waals surface area contributed by atoms with Crippen molar-refractivity contribution in [2.24, 2.45) is 0 Å². The van der Waals surface area contributed by atoms with Crippen molar-refractivity contribution in [2.45, 2.75) is 20.8 Å². The van der Waals surface area contributed by atoms with Crippen molar-refractivity contribution in [3.8, 4) is 11.4 Å². The standard InChI is InChI=1S/C18H14ClFN4/c1-9-13(5-7-16(20)22-9)18-23-11(3)17-10(2)21-14-6-4-12(19)8-15(14)24(17)18/h4-8H,1-3H3. The molecule has 0 amide bonds. The van der Waals surface area contributed by atoms with Crippen LogP contribution in [0.4, 0.5) is 4.39 Å². The number of hydrogen-bond acceptors (Lipinski definition) is 3. The summed E-state index contributed by atoms with van der Waals surface area (Å²) in [5.74, 6) is 0.213. The van der Waals surface area contributed by atoms with Gasteiger partial charge in [0.1, 0.15) is 5.82 Å². The van der Waals surface area contributed by atoms with E-state index in [1.807, 2.05) is 36.4 Å². The lowest BCUT2D eigenvalue weighted by atomic mass is 10.2. The van der Waals surface area contributed by atoms with E-state index in [1.165, 1.54) is 6.07 Å². The monoisotopic (exact) mass is 340 g/mol. The SMILES string of the molecule is Cc1nc(F)ccc1-c1nc(C)c2c(C)nc3ccc(Cl)cc3n12. The highest BCUT2D eigenvalue weighted by Crippen LogP contribution is 2.30. The molecule has 4 aromatic rings. The van der Waals surface area contributed by atoms with E-state index < -0.39 is 5.95 Å². The molecule has 0 saturated carbocycles. The molecule has 0 saturated heterocycles. The first kappa shape index (κ1) is 15.0. The van der Waals surface area contributed by atoms with Crippen LogP contribution in [0, 0.1) is 26.7 Å². The zero-order chi connectivity index (χ0) is 17.0. The molecular weight excluding hydrogens is 327 g/mol. The third-order valence-corrected chi connectivity index (χ3v) is 4.39. The summed E-state index contributed by atoms with van der Waals surface area (Å²) in [5.41, 5.74) is 5.74. The van der Waals surface area contributed by atoms with Crippen LogP contribution >= 0.6 is 11.6 Å². The number of benzene rings is 1. The second-order valence-electron chi connectivity index (χ2n) is 5.80. The average Bonchev–Trinajstić information content (AvgIpc) is 2.86. The smallest absolute Gasteiger partial charge is 0.213 e. The molecule has 0 aliphatic rings. The van der Waals surface area contributed by atoms with E-state index in [0.717, 1.165) is 33.5 Å². The Hall–Kier alpha value is -2.53. The molecule has 0 aliphatic heterocycles. The Bertz CT molecular complexity index is 1120. The van der Waals surface area contributed by atoms with Crippen molar-refractivity contribution in [1.82, 2.24) is 19.4 Å². The van der Waals surface area contributed by atoms with Gasteiger partial charge in [-0.25, -0.2) is 15.0 Å². The molecule has 0 fully saturated rings. The summed E-state index contributed by atoms with van der Waals surface area (Å²) < 4.78 is 15.4. The number of aryl methyl sites for hydroxylation is 3. The molecule has 0 radical (unpaired) electrons. The van der Waals surface area contributed by atoms with Crippen LogP contribution < -0.4 is 0 Å². The third kappa shape index (κ3) is 2.16. The van der Waals surface area contributed by atoms with Crippen LogP contribution in [0.5, 0.6) is 0 Å². The zero-order valence-corrected chi connectivity index (χ0v) is 14.2. The lowest BCUT2D eigenvalue weighted by Gasteiger charge is -2.10. The van der Waals surface area contributed by atoms with Crippen LogP contribution in [0.25, 0.3) is 27.9 Å². The Morgan fingerprint density at radius 3 is 2.42 bits per heavy atom. The quantitative estimate of drug-likeness (QED) is 0.473. The number of pyridine rings is 1. The van der Waals surface area contributed by atoms with Gasteiger partial charge in [-0.3, -0.25) is 4.40 Å². The van der Waals surface area contributed by atoms with Crippen molar-refractivity contribution in [3.63, 3.8) is 0 Å². The molecule has 24 heavy (non-hydrogen) atoms. The lowest BCUT2D eigenvalue weighted by molar-refractivity contribution is 0.580. The normalized spacial score (nSPS) is 11.5. The van der Waals surface area contributed by atoms with E-state index in [-0.39, 0.29) is 0 Å². The molecule has 0 aliphatic carbocycles. The number of aromatic nitrogens is 4. The summed E-state index contributed by atoms with van der Waals surface area (Å²) in [7, 11) is 0. The van der Waals surface area contributed by atoms with Crippen LogP contribution in [-0.4, -0.2) is 19.4 Å². The summed E-state index contributed by atoms with van der Waals surface area (Å²) >= 11 is 6.19. The minimum absolute atomic E-state index is 0.500. The molecule has 1 aromatic carbocycles. The van der Waals surface area contributed by atoms with E-state index in [1.54, 1.807) is 13.0 Å². The molecule has 4 nitrogen and oxygen atoms in total. The second-order valence-corrected chi connectivity index (χ2v) is 6.24. The molecule has 0 unspecified atom stereocenters. The summed E-state index contributed by atoms with van der Waals surface area (Å²) in [4.78, 5) is 13.3. The third-order valence-electron chi connectivity index (χ3n) is 4.15. The Morgan fingerprint density at radius 2 is 1.67 bits per heavy atom. The molecule has 4 rings (SSSR count). The first-order chi connectivity index (χ1) is 11.5. The fourth-order valence-corrected chi connectivity index (χ4v) is 3.31. The highest BCUT2D eigenvalue weighted by Gasteiger charge is 2.18. The second kappa shape index (κ2) is 5.24. The number of fused-ring (bicyclic) bond motifs is 3. The van der Waals surface area contributed by atoms with Crippen molar-refractivity contribution in [3.05, 3.63) is 58.4 Å². The fraction of sp³-hybridized carbons (Fsp3) is 0.167. The maximum Gasteiger partial charge on any atom is 0.213 e. The molecule has 0 bridgehead atoms. The lowest BCUT2D eigenvalue weighted by Crippen LogP contribution is -1.99. The predicted molar refractivity (Wildman–Crippen MR) is 92.9 cm³/mol. The number of hydrogen-bond donors (Lipinski definition) is 0. The highest BCUT2D eigenvalue weighted by atomic mass is 35.5. The maximum absolute atomic E-state index is 13.4. The van der Waals surface area contributed by atoms with Gasteiger partial charge in [0.15, 0.2) is 0 Å². The summed E-state index contributed by atoms with van der Waals surface area (Å²) in [6.45, 7) is 5.67. The molecular formula is C18H14ClFN4. The van der Waals surface area contributed by atoms with Gasteiger partial charge in [-0.05, 0) is 51.1 Å². The largest absolute Gasteiger partial charge is 0.289 e. The molecule has 0 N–H and O–H groups in total. The predicted octanol–water partition coefficient (Wildman–Crippen LogP) is 4.66. The Morgan fingerprint density at radius 1 is 0.917 bits per heavy atom. The van der Waals surface area contributed by atoms with E-state index in [4.69, 9.17) is 16.6 Å². The molecule has 0 atom stereocenters. The van der Waals surface area contributed by atoms with Gasteiger partial charge in [-0.1, -0.05) is 11.6 Å². The Labute approximate surface area is 143 Å². The summed E-state index contributed by atoms with van der Waals surface area (Å²) in [6.07, 6.45) is 0. The molecule has 120 valence electrons. The minimum Gasteiger partial charge on any atom is -0.289 e. The van der Waals surface area contributed by atoms with Crippen molar-refractivity contribution >= 4 is 28.2 Å². The zero-order valence-electron chi connectivity index (χ0n) is 13.4. The highest BCUT2D eigenvalue weighted by molar-refractivity contribution is 6.31. The molecule has 3 heterocycles. The molecule has 3 aromatic heterocycles. The number of rotatable bonds is 1. The molecule has 0 spiro atoms. The summed E-state index contributed by atoms with van der Waals surface area (Å²) in [5, 5.41) is 0.626. The van der Waals surface area contributed by atoms with Gasteiger partial charge in [-0.15, -0.1) is 0 Å². The average molecular weight is 341 g/mol. The van der Waals surface area contributed by atoms with E-state index in [9.17, 15) is 4.39 Å². The van der Waals surface area contributed by atoms with Crippen LogP contribution in [0.15, 0.2) is 30.3 Å². The first-order valence-electron chi connectivity index (χ1n) is 7.54. The topological polar surface area (TPSA) is 43.1 Å². The summed E-state index contributed by atoms with van der Waals surface area (Å²) in [6, 6.07) is 8.63. The Balaban J connectivity index is 2.20. The van der Waals surface area contributed by atoms with Crippen molar-refractivity contribution in [1.29, 1.82) is 0 Å². The van der Waals surface area contributed by atoms with Gasteiger partial charge in [-0.2, -0.15) is 4.39 Å². The van der Waals surface area contributed by atoms with Gasteiger partial charge in [0.25, 0.3) is 0 Å². The van der Waals surface area contributed by atoms with Crippen LogP contribution in [-0.2, 0) is 0 Å². The Kier molecular flexibility index (Phi) is 3.28. The van der Waals surface area contributed by atoms with Gasteiger partial charge in [0.2, 0.25) is 5.95 Å². The van der Waals surface area contributed by atoms with Crippen molar-refractivity contribution < 1.29 is 4.39 Å². The first-order valence-corrected chi connectivity index (χ1v) is 7.92. The van der Waals surface area contributed by atoms with E-state index >= 15 is 0 Å². The van der Waals surface area contributed by atoms with Crippen LogP contribution in [0.1, 0.15) is 17.1 Å². The van der Waals surface area contributed by atoms with Crippen LogP contribution in [0.2, 0.25) is 5.02 Å². The minimum atomic E-state index is -0.500. The van der Waals surface area contributed by atoms with Gasteiger partial charge in [0.05, 0.1) is 33.6 Å². The number of halogens is 2. The van der Waals surface area contributed by atoms with Gasteiger partial charge in [0, 0.05) is 10.6 Å². The molecule has 6 heteroatoms. The number of nitrogens with zero attached hydrogens (tertiary/aromatic N) is 4. The maximum atomic E-state index is 13.4. The number of imidazole rings is 1.